The smallest absolute Gasteiger partial charge is 0.346 e. The lowest BCUT2D eigenvalue weighted by atomic mass is 9.93. The van der Waals surface area contributed by atoms with Crippen LogP contribution in [-0.2, 0) is 11.5 Å². The van der Waals surface area contributed by atoms with Gasteiger partial charge in [-0.05, 0) is 36.6 Å². The molecule has 0 saturated heterocycles. The molecular weight excluding hydrogens is 369 g/mol. The lowest BCUT2D eigenvalue weighted by Gasteiger charge is -2.30. The average Bonchev–Trinajstić information content (AvgIpc) is 2.92. The van der Waals surface area contributed by atoms with E-state index in [4.69, 9.17) is 10.00 Å². The maximum atomic E-state index is 14.4. The highest BCUT2D eigenvalue weighted by atomic mass is 19.3. The van der Waals surface area contributed by atoms with Crippen LogP contribution in [0, 0.1) is 17.1 Å². The summed E-state index contributed by atoms with van der Waals surface area (Å²) in [6.45, 7) is 1.51. The number of aliphatic hydroxyl groups is 1. The van der Waals surface area contributed by atoms with Crippen molar-refractivity contribution in [2.75, 3.05) is 0 Å². The van der Waals surface area contributed by atoms with Gasteiger partial charge in [-0.2, -0.15) is 22.8 Å². The Morgan fingerprint density at radius 3 is 2.56 bits per heavy atom. The van der Waals surface area contributed by atoms with E-state index in [1.165, 1.54) is 13.0 Å². The molecule has 2 aromatic rings. The van der Waals surface area contributed by atoms with E-state index < -0.39 is 46.7 Å². The van der Waals surface area contributed by atoms with Gasteiger partial charge in [-0.15, -0.1) is 0 Å². The Morgan fingerprint density at radius 2 is 1.89 bits per heavy atom. The van der Waals surface area contributed by atoms with Gasteiger partial charge in [0, 0.05) is 22.8 Å². The van der Waals surface area contributed by atoms with Gasteiger partial charge in [0.15, 0.2) is 5.60 Å². The first-order valence-corrected chi connectivity index (χ1v) is 8.07. The summed E-state index contributed by atoms with van der Waals surface area (Å²) in [4.78, 5) is 0. The molecule has 27 heavy (non-hydrogen) atoms. The third kappa shape index (κ3) is 2.09. The Balaban J connectivity index is 1.89. The molecule has 0 fully saturated rings. The lowest BCUT2D eigenvalue weighted by molar-refractivity contribution is -0.286. The van der Waals surface area contributed by atoms with Gasteiger partial charge in [0.05, 0.1) is 11.6 Å². The van der Waals surface area contributed by atoms with Crippen LogP contribution < -0.4 is 4.74 Å². The third-order valence-electron chi connectivity index (χ3n) is 5.19. The quantitative estimate of drug-likeness (QED) is 0.751. The van der Waals surface area contributed by atoms with Crippen LogP contribution in [0.15, 0.2) is 30.3 Å². The summed E-state index contributed by atoms with van der Waals surface area (Å²) in [5.41, 5.74) is -4.45. The van der Waals surface area contributed by atoms with E-state index in [0.717, 1.165) is 24.3 Å². The minimum absolute atomic E-state index is 0.0230. The number of hydrogen-bond donors (Lipinski definition) is 1. The van der Waals surface area contributed by atoms with Crippen molar-refractivity contribution in [1.29, 1.82) is 5.26 Å². The van der Waals surface area contributed by atoms with E-state index in [9.17, 15) is 27.1 Å². The zero-order chi connectivity index (χ0) is 19.8. The van der Waals surface area contributed by atoms with Crippen LogP contribution in [0.5, 0.6) is 11.5 Å². The van der Waals surface area contributed by atoms with Crippen LogP contribution in [0.4, 0.5) is 22.0 Å². The molecule has 2 atom stereocenters. The van der Waals surface area contributed by atoms with E-state index >= 15 is 0 Å². The maximum Gasteiger partial charge on any atom is 0.346 e. The Morgan fingerprint density at radius 1 is 1.19 bits per heavy atom. The minimum Gasteiger partial charge on any atom is -0.457 e. The van der Waals surface area contributed by atoms with Crippen LogP contribution in [0.25, 0.3) is 0 Å². The Kier molecular flexibility index (Phi) is 3.41. The van der Waals surface area contributed by atoms with Gasteiger partial charge >= 0.3 is 11.8 Å². The molecule has 2 aliphatic rings. The zero-order valence-electron chi connectivity index (χ0n) is 13.9. The van der Waals surface area contributed by atoms with Crippen molar-refractivity contribution in [2.45, 2.75) is 36.7 Å². The fourth-order valence-electron chi connectivity index (χ4n) is 4.06. The highest BCUT2D eigenvalue weighted by Gasteiger charge is 2.78. The molecule has 140 valence electrons. The molecule has 0 amide bonds. The Hall–Kier alpha value is -2.66. The molecule has 2 aliphatic carbocycles. The monoisotopic (exact) mass is 381 g/mol. The normalized spacial score (nSPS) is 26.5. The van der Waals surface area contributed by atoms with Crippen molar-refractivity contribution in [1.82, 2.24) is 0 Å². The van der Waals surface area contributed by atoms with Crippen LogP contribution in [0.1, 0.15) is 41.5 Å². The predicted octanol–water partition coefficient (Wildman–Crippen LogP) is 4.93. The number of benzene rings is 2. The van der Waals surface area contributed by atoms with E-state index in [2.05, 4.69) is 0 Å². The molecule has 0 aliphatic heterocycles. The second-order valence-electron chi connectivity index (χ2n) is 6.90. The van der Waals surface area contributed by atoms with Crippen molar-refractivity contribution in [3.63, 3.8) is 0 Å². The van der Waals surface area contributed by atoms with Gasteiger partial charge in [0.1, 0.15) is 17.3 Å². The predicted molar refractivity (Wildman–Crippen MR) is 83.4 cm³/mol. The summed E-state index contributed by atoms with van der Waals surface area (Å²) >= 11 is 0. The van der Waals surface area contributed by atoms with E-state index in [1.54, 1.807) is 6.07 Å². The number of nitrogens with zero attached hydrogens (tertiary/aromatic N) is 1. The summed E-state index contributed by atoms with van der Waals surface area (Å²) in [5, 5.41) is 19.4. The van der Waals surface area contributed by atoms with Gasteiger partial charge in [-0.25, -0.2) is 4.39 Å². The van der Waals surface area contributed by atoms with Crippen molar-refractivity contribution >= 4 is 0 Å². The van der Waals surface area contributed by atoms with Crippen LogP contribution in [-0.4, -0.2) is 11.0 Å². The molecule has 0 aromatic heterocycles. The fraction of sp³-hybridized carbons (Fsp3) is 0.316. The minimum atomic E-state index is -4.66. The summed E-state index contributed by atoms with van der Waals surface area (Å²) in [5.74, 6) is -10.7. The average molecular weight is 381 g/mol. The lowest BCUT2D eigenvalue weighted by Crippen LogP contribution is -2.48. The first-order valence-electron chi connectivity index (χ1n) is 8.07. The molecule has 1 unspecified atom stereocenters. The molecule has 0 spiro atoms. The maximum absolute atomic E-state index is 14.4. The summed E-state index contributed by atoms with van der Waals surface area (Å²) in [6, 6.07) is 6.84. The van der Waals surface area contributed by atoms with Crippen molar-refractivity contribution in [3.8, 4) is 17.6 Å². The van der Waals surface area contributed by atoms with Gasteiger partial charge in [-0.1, -0.05) is 6.92 Å². The molecule has 0 radical (unpaired) electrons. The number of nitriles is 1. The van der Waals surface area contributed by atoms with Crippen LogP contribution in [0.2, 0.25) is 0 Å². The van der Waals surface area contributed by atoms with E-state index in [-0.39, 0.29) is 22.6 Å². The molecule has 2 aromatic carbocycles. The third-order valence-corrected chi connectivity index (χ3v) is 5.19. The molecule has 0 saturated carbocycles. The molecule has 8 heteroatoms. The molecule has 0 heterocycles. The van der Waals surface area contributed by atoms with Crippen LogP contribution in [0.3, 0.4) is 0 Å². The number of ether oxygens (including phenoxy) is 1. The van der Waals surface area contributed by atoms with Gasteiger partial charge in [0.25, 0.3) is 0 Å². The summed E-state index contributed by atoms with van der Waals surface area (Å²) < 4.78 is 76.3. The largest absolute Gasteiger partial charge is 0.457 e. The Bertz CT molecular complexity index is 1010. The topological polar surface area (TPSA) is 53.2 Å². The number of hydrogen-bond acceptors (Lipinski definition) is 3. The molecule has 4 rings (SSSR count). The standard InChI is InChI=1S/C19H12F5NO2/c1-9-7-17(26)16-13(18(21,22)19(17,23)24)2-3-14(15(9)16)27-12-5-10(8-25)4-11(20)6-12/h2-6,9,26H,7H2,1H3/t9?,17-/m1/s1. The van der Waals surface area contributed by atoms with Crippen LogP contribution >= 0.6 is 0 Å². The van der Waals surface area contributed by atoms with Crippen molar-refractivity contribution < 1.29 is 31.8 Å². The molecule has 0 bridgehead atoms. The van der Waals surface area contributed by atoms with E-state index in [0.29, 0.717) is 0 Å². The van der Waals surface area contributed by atoms with Gasteiger partial charge < -0.3 is 9.84 Å². The number of rotatable bonds is 2. The Labute approximate surface area is 150 Å². The number of alkyl halides is 4. The number of halogens is 5. The van der Waals surface area contributed by atoms with E-state index in [1.807, 2.05) is 0 Å². The second kappa shape index (κ2) is 5.20. The van der Waals surface area contributed by atoms with Gasteiger partial charge in [0.2, 0.25) is 0 Å². The SMILES string of the molecule is CC1C[C@@]2(O)c3c(ccc(Oc4cc(F)cc(C#N)c4)c31)C(F)(F)C2(F)F. The van der Waals surface area contributed by atoms with Crippen molar-refractivity contribution in [2.24, 2.45) is 0 Å². The molecule has 3 nitrogen and oxygen atoms in total. The summed E-state index contributed by atoms with van der Waals surface area (Å²) in [6.07, 6.45) is -0.592. The first kappa shape index (κ1) is 17.7. The molecule has 1 N–H and O–H groups in total. The highest BCUT2D eigenvalue weighted by molar-refractivity contribution is 5.61. The second-order valence-corrected chi connectivity index (χ2v) is 6.90. The van der Waals surface area contributed by atoms with Crippen molar-refractivity contribution in [3.05, 3.63) is 58.4 Å². The summed E-state index contributed by atoms with van der Waals surface area (Å²) in [7, 11) is 0. The first-order chi connectivity index (χ1) is 12.5. The zero-order valence-corrected chi connectivity index (χ0v) is 13.9. The highest BCUT2D eigenvalue weighted by Crippen LogP contribution is 2.68. The fourth-order valence-corrected chi connectivity index (χ4v) is 4.06. The van der Waals surface area contributed by atoms with Gasteiger partial charge in [-0.3, -0.25) is 0 Å². The molecular formula is C19H12F5NO2.